The smallest absolute Gasteiger partial charge is 0.261 e. The SMILES string of the molecule is Cc1ccc(S(=O)(=O)Nc2ccc(Nc3cc(N4CCCC4)cnn3)cc2)cc1Cl. The van der Waals surface area contributed by atoms with Crippen LogP contribution in [0.4, 0.5) is 22.9 Å². The maximum absolute atomic E-state index is 12.6. The van der Waals surface area contributed by atoms with Crippen molar-refractivity contribution < 1.29 is 8.42 Å². The number of sulfonamides is 1. The molecule has 156 valence electrons. The van der Waals surface area contributed by atoms with Crippen molar-refractivity contribution in [1.82, 2.24) is 10.2 Å². The fourth-order valence-corrected chi connectivity index (χ4v) is 4.62. The molecule has 0 amide bonds. The monoisotopic (exact) mass is 443 g/mol. The first-order valence-electron chi connectivity index (χ1n) is 9.64. The van der Waals surface area contributed by atoms with Crippen molar-refractivity contribution in [1.29, 1.82) is 0 Å². The van der Waals surface area contributed by atoms with Crippen LogP contribution in [0.5, 0.6) is 0 Å². The average molecular weight is 444 g/mol. The molecule has 1 aliphatic heterocycles. The predicted molar refractivity (Wildman–Crippen MR) is 120 cm³/mol. The summed E-state index contributed by atoms with van der Waals surface area (Å²) in [6.45, 7) is 3.89. The molecule has 0 saturated carbocycles. The van der Waals surface area contributed by atoms with Crippen LogP contribution in [0.15, 0.2) is 59.6 Å². The summed E-state index contributed by atoms with van der Waals surface area (Å²) in [6.07, 6.45) is 4.15. The fraction of sp³-hybridized carbons (Fsp3) is 0.238. The van der Waals surface area contributed by atoms with Crippen molar-refractivity contribution in [2.75, 3.05) is 28.0 Å². The molecular formula is C21H22ClN5O2S. The second kappa shape index (κ2) is 8.49. The second-order valence-corrected chi connectivity index (χ2v) is 9.30. The third-order valence-electron chi connectivity index (χ3n) is 4.97. The summed E-state index contributed by atoms with van der Waals surface area (Å²) in [4.78, 5) is 2.41. The highest BCUT2D eigenvalue weighted by Crippen LogP contribution is 2.25. The summed E-state index contributed by atoms with van der Waals surface area (Å²) in [5.74, 6) is 0.641. The maximum atomic E-state index is 12.6. The molecule has 0 unspecified atom stereocenters. The molecule has 2 aromatic carbocycles. The summed E-state index contributed by atoms with van der Waals surface area (Å²) in [6, 6.07) is 13.6. The molecule has 2 heterocycles. The van der Waals surface area contributed by atoms with E-state index in [1.807, 2.05) is 13.0 Å². The number of halogens is 1. The summed E-state index contributed by atoms with van der Waals surface area (Å²) in [5.41, 5.74) is 3.10. The van der Waals surface area contributed by atoms with Gasteiger partial charge in [-0.25, -0.2) is 8.42 Å². The van der Waals surface area contributed by atoms with Gasteiger partial charge >= 0.3 is 0 Å². The van der Waals surface area contributed by atoms with E-state index in [1.165, 1.54) is 25.0 Å². The van der Waals surface area contributed by atoms with Crippen LogP contribution < -0.4 is 14.9 Å². The van der Waals surface area contributed by atoms with Gasteiger partial charge in [0.25, 0.3) is 10.0 Å². The highest BCUT2D eigenvalue weighted by atomic mass is 35.5. The Hall–Kier alpha value is -2.84. The number of benzene rings is 2. The van der Waals surface area contributed by atoms with Crippen LogP contribution in [0.1, 0.15) is 18.4 Å². The molecule has 0 bridgehead atoms. The van der Waals surface area contributed by atoms with Crippen molar-refractivity contribution in [2.24, 2.45) is 0 Å². The van der Waals surface area contributed by atoms with E-state index in [0.29, 0.717) is 16.5 Å². The summed E-state index contributed by atoms with van der Waals surface area (Å²) in [7, 11) is -3.72. The molecular weight excluding hydrogens is 422 g/mol. The molecule has 0 aliphatic carbocycles. The van der Waals surface area contributed by atoms with Gasteiger partial charge < -0.3 is 10.2 Å². The number of anilines is 4. The first-order chi connectivity index (χ1) is 14.4. The molecule has 4 rings (SSSR count). The Balaban J connectivity index is 1.45. The first kappa shape index (κ1) is 20.4. The maximum Gasteiger partial charge on any atom is 0.261 e. The van der Waals surface area contributed by atoms with Gasteiger partial charge in [0, 0.05) is 35.6 Å². The summed E-state index contributed by atoms with van der Waals surface area (Å²) >= 11 is 6.06. The van der Waals surface area contributed by atoms with E-state index in [1.54, 1.807) is 36.5 Å². The lowest BCUT2D eigenvalue weighted by Gasteiger charge is -2.17. The van der Waals surface area contributed by atoms with Crippen LogP contribution in [-0.4, -0.2) is 31.7 Å². The van der Waals surface area contributed by atoms with Gasteiger partial charge in [0.05, 0.1) is 16.8 Å². The van der Waals surface area contributed by atoms with E-state index in [0.717, 1.165) is 30.0 Å². The Kier molecular flexibility index (Phi) is 5.78. The topological polar surface area (TPSA) is 87.2 Å². The molecule has 1 saturated heterocycles. The van der Waals surface area contributed by atoms with Gasteiger partial charge in [-0.1, -0.05) is 17.7 Å². The Bertz CT molecular complexity index is 1150. The van der Waals surface area contributed by atoms with Crippen molar-refractivity contribution in [3.05, 3.63) is 65.3 Å². The quantitative estimate of drug-likeness (QED) is 0.579. The molecule has 0 spiro atoms. The Morgan fingerprint density at radius 3 is 2.40 bits per heavy atom. The lowest BCUT2D eigenvalue weighted by Crippen LogP contribution is -2.18. The largest absolute Gasteiger partial charge is 0.370 e. The summed E-state index contributed by atoms with van der Waals surface area (Å²) < 4.78 is 27.8. The van der Waals surface area contributed by atoms with Gasteiger partial charge in [0.2, 0.25) is 0 Å². The van der Waals surface area contributed by atoms with Crippen molar-refractivity contribution >= 4 is 44.5 Å². The number of nitrogens with zero attached hydrogens (tertiary/aromatic N) is 3. The van der Waals surface area contributed by atoms with Gasteiger partial charge in [-0.15, -0.1) is 5.10 Å². The number of aromatic nitrogens is 2. The molecule has 0 atom stereocenters. The van der Waals surface area contributed by atoms with E-state index in [4.69, 9.17) is 11.6 Å². The van der Waals surface area contributed by atoms with Gasteiger partial charge in [-0.2, -0.15) is 5.10 Å². The highest BCUT2D eigenvalue weighted by Gasteiger charge is 2.16. The zero-order valence-corrected chi connectivity index (χ0v) is 18.0. The predicted octanol–water partition coefficient (Wildman–Crippen LogP) is 4.58. The van der Waals surface area contributed by atoms with Crippen LogP contribution >= 0.6 is 11.6 Å². The number of hydrogen-bond donors (Lipinski definition) is 2. The van der Waals surface area contributed by atoms with E-state index in [-0.39, 0.29) is 4.90 Å². The Morgan fingerprint density at radius 1 is 1.00 bits per heavy atom. The van der Waals surface area contributed by atoms with E-state index >= 15 is 0 Å². The highest BCUT2D eigenvalue weighted by molar-refractivity contribution is 7.92. The van der Waals surface area contributed by atoms with Crippen LogP contribution in [0.2, 0.25) is 5.02 Å². The third-order valence-corrected chi connectivity index (χ3v) is 6.76. The molecule has 2 N–H and O–H groups in total. The number of rotatable bonds is 6. The fourth-order valence-electron chi connectivity index (χ4n) is 3.29. The molecule has 1 fully saturated rings. The molecule has 0 radical (unpaired) electrons. The minimum absolute atomic E-state index is 0.120. The van der Waals surface area contributed by atoms with Gasteiger partial charge in [-0.3, -0.25) is 4.72 Å². The van der Waals surface area contributed by atoms with Gasteiger partial charge in [-0.05, 0) is 61.7 Å². The molecule has 7 nitrogen and oxygen atoms in total. The van der Waals surface area contributed by atoms with Crippen molar-refractivity contribution in [2.45, 2.75) is 24.7 Å². The van der Waals surface area contributed by atoms with Crippen LogP contribution in [0.3, 0.4) is 0 Å². The number of aryl methyl sites for hydroxylation is 1. The van der Waals surface area contributed by atoms with Crippen molar-refractivity contribution in [3.63, 3.8) is 0 Å². The lowest BCUT2D eigenvalue weighted by atomic mass is 10.2. The van der Waals surface area contributed by atoms with E-state index in [2.05, 4.69) is 25.1 Å². The minimum Gasteiger partial charge on any atom is -0.370 e. The first-order valence-corrected chi connectivity index (χ1v) is 11.5. The molecule has 3 aromatic rings. The van der Waals surface area contributed by atoms with Crippen molar-refractivity contribution in [3.8, 4) is 0 Å². The second-order valence-electron chi connectivity index (χ2n) is 7.21. The Morgan fingerprint density at radius 2 is 1.70 bits per heavy atom. The number of hydrogen-bond acceptors (Lipinski definition) is 6. The zero-order valence-electron chi connectivity index (χ0n) is 16.5. The average Bonchev–Trinajstić information content (AvgIpc) is 3.26. The molecule has 1 aromatic heterocycles. The number of nitrogens with one attached hydrogen (secondary N) is 2. The molecule has 9 heteroatoms. The van der Waals surface area contributed by atoms with Gasteiger partial charge in [0.15, 0.2) is 5.82 Å². The lowest BCUT2D eigenvalue weighted by molar-refractivity contribution is 0.601. The standard InChI is InChI=1S/C21H22ClN5O2S/c1-15-4-9-19(13-20(15)22)30(28,29)26-17-7-5-16(6-8-17)24-21-12-18(14-23-25-21)27-10-2-3-11-27/h4-9,12-14,26H,2-3,10-11H2,1H3,(H,24,25). The third kappa shape index (κ3) is 4.66. The van der Waals surface area contributed by atoms with Crippen LogP contribution in [0, 0.1) is 6.92 Å². The summed E-state index contributed by atoms with van der Waals surface area (Å²) in [5, 5.41) is 11.8. The Labute approximate surface area is 181 Å². The molecule has 30 heavy (non-hydrogen) atoms. The van der Waals surface area contributed by atoms with E-state index in [9.17, 15) is 8.42 Å². The minimum atomic E-state index is -3.72. The van der Waals surface area contributed by atoms with E-state index < -0.39 is 10.0 Å². The van der Waals surface area contributed by atoms with Crippen LogP contribution in [0.25, 0.3) is 0 Å². The molecule has 1 aliphatic rings. The zero-order chi connectivity index (χ0) is 21.1. The normalized spacial score (nSPS) is 14.0. The van der Waals surface area contributed by atoms with Gasteiger partial charge in [0.1, 0.15) is 0 Å². The van der Waals surface area contributed by atoms with Crippen LogP contribution in [-0.2, 0) is 10.0 Å².